The highest BCUT2D eigenvalue weighted by Gasteiger charge is 2.40. The molecule has 2 fully saturated rings. The Morgan fingerprint density at radius 3 is 2.54 bits per heavy atom. The molecule has 5 rings (SSSR count). The van der Waals surface area contributed by atoms with Crippen molar-refractivity contribution >= 4 is 33.1 Å². The highest BCUT2D eigenvalue weighted by molar-refractivity contribution is 7.90. The van der Waals surface area contributed by atoms with Crippen LogP contribution in [0.3, 0.4) is 0 Å². The number of carbonyl (C=O) groups excluding carboxylic acids is 1. The van der Waals surface area contributed by atoms with E-state index in [2.05, 4.69) is 20.7 Å². The van der Waals surface area contributed by atoms with Crippen LogP contribution in [0.4, 0.5) is 11.4 Å². The molecule has 0 aromatic heterocycles. The van der Waals surface area contributed by atoms with Gasteiger partial charge in [0.15, 0.2) is 0 Å². The molecule has 0 unspecified atom stereocenters. The van der Waals surface area contributed by atoms with Gasteiger partial charge in [-0.1, -0.05) is 31.0 Å². The summed E-state index contributed by atoms with van der Waals surface area (Å²) in [4.78, 5) is 17.8. The number of benzene rings is 2. The second-order valence-electron chi connectivity index (χ2n) is 9.76. The van der Waals surface area contributed by atoms with Gasteiger partial charge in [-0.3, -0.25) is 4.79 Å². The van der Waals surface area contributed by atoms with Crippen LogP contribution in [0, 0.1) is 5.41 Å². The number of rotatable bonds is 6. The van der Waals surface area contributed by atoms with E-state index in [-0.39, 0.29) is 16.2 Å². The second-order valence-corrected chi connectivity index (χ2v) is 11.3. The number of ether oxygens (including phenoxy) is 1. The van der Waals surface area contributed by atoms with Crippen molar-refractivity contribution in [2.75, 3.05) is 43.5 Å². The van der Waals surface area contributed by atoms with Crippen molar-refractivity contribution in [3.63, 3.8) is 0 Å². The first-order valence-electron chi connectivity index (χ1n) is 12.2. The lowest BCUT2D eigenvalue weighted by molar-refractivity contribution is -0.133. The molecular formula is C26H32N4O4S. The predicted molar refractivity (Wildman–Crippen MR) is 137 cm³/mol. The number of anilines is 2. The van der Waals surface area contributed by atoms with Gasteiger partial charge in [-0.05, 0) is 42.5 Å². The number of amides is 1. The number of nitrogens with zero attached hydrogens (tertiary/aromatic N) is 3. The van der Waals surface area contributed by atoms with Crippen LogP contribution in [0.5, 0.6) is 5.75 Å². The first-order chi connectivity index (χ1) is 16.9. The van der Waals surface area contributed by atoms with Crippen LogP contribution in [0.1, 0.15) is 38.5 Å². The van der Waals surface area contributed by atoms with E-state index in [0.717, 1.165) is 50.2 Å². The third kappa shape index (κ3) is 5.00. The summed E-state index contributed by atoms with van der Waals surface area (Å²) in [6, 6.07) is 14.8. The molecule has 1 aliphatic carbocycles. The minimum absolute atomic E-state index is 0.150. The number of piperazine rings is 1. The van der Waals surface area contributed by atoms with Crippen molar-refractivity contribution in [2.24, 2.45) is 9.81 Å². The summed E-state index contributed by atoms with van der Waals surface area (Å²) in [5, 5.41) is 3.22. The molecule has 0 atom stereocenters. The van der Waals surface area contributed by atoms with E-state index in [4.69, 9.17) is 4.74 Å². The van der Waals surface area contributed by atoms with E-state index in [1.807, 2.05) is 29.2 Å². The molecule has 8 nitrogen and oxygen atoms in total. The number of sulfonamides is 1. The fraction of sp³-hybridized carbons (Fsp3) is 0.462. The summed E-state index contributed by atoms with van der Waals surface area (Å²) in [5.41, 5.74) is 1.41. The molecule has 35 heavy (non-hydrogen) atoms. The first kappa shape index (κ1) is 23.7. The Balaban J connectivity index is 1.24. The fourth-order valence-electron chi connectivity index (χ4n) is 5.59. The number of hydrogen-bond donors (Lipinski definition) is 1. The molecule has 3 aliphatic rings. The van der Waals surface area contributed by atoms with Gasteiger partial charge in [-0.15, -0.1) is 4.40 Å². The van der Waals surface area contributed by atoms with E-state index in [1.165, 1.54) is 0 Å². The molecule has 1 saturated heterocycles. The van der Waals surface area contributed by atoms with Gasteiger partial charge < -0.3 is 19.9 Å². The number of amidine groups is 1. The molecule has 0 spiro atoms. The zero-order valence-electron chi connectivity index (χ0n) is 20.1. The zero-order valence-corrected chi connectivity index (χ0v) is 20.9. The molecule has 2 aliphatic heterocycles. The van der Waals surface area contributed by atoms with Crippen LogP contribution in [-0.4, -0.2) is 58.3 Å². The van der Waals surface area contributed by atoms with Crippen LogP contribution >= 0.6 is 0 Å². The smallest absolute Gasteiger partial charge is 0.286 e. The Hall–Kier alpha value is -3.07. The predicted octanol–water partition coefficient (Wildman–Crippen LogP) is 3.90. The maximum Gasteiger partial charge on any atom is 0.286 e. The molecule has 186 valence electrons. The number of carbonyl (C=O) groups is 1. The topological polar surface area (TPSA) is 91.3 Å². The van der Waals surface area contributed by atoms with Crippen LogP contribution in [0.2, 0.25) is 0 Å². The lowest BCUT2D eigenvalue weighted by atomic mass is 9.78. The quantitative estimate of drug-likeness (QED) is 0.652. The summed E-state index contributed by atoms with van der Waals surface area (Å²) >= 11 is 0. The van der Waals surface area contributed by atoms with Crippen molar-refractivity contribution in [1.82, 2.24) is 4.90 Å². The summed E-state index contributed by atoms with van der Waals surface area (Å²) in [6.45, 7) is 2.89. The van der Waals surface area contributed by atoms with Crippen molar-refractivity contribution in [2.45, 2.75) is 43.4 Å². The maximum absolute atomic E-state index is 13.4. The maximum atomic E-state index is 13.4. The fourth-order valence-corrected chi connectivity index (χ4v) is 6.74. The number of hydrogen-bond acceptors (Lipinski definition) is 6. The van der Waals surface area contributed by atoms with Gasteiger partial charge in [0, 0.05) is 50.8 Å². The van der Waals surface area contributed by atoms with E-state index >= 15 is 0 Å². The summed E-state index contributed by atoms with van der Waals surface area (Å²) in [5.74, 6) is 1.42. The van der Waals surface area contributed by atoms with Crippen molar-refractivity contribution < 1.29 is 17.9 Å². The molecular weight excluding hydrogens is 464 g/mol. The average molecular weight is 497 g/mol. The Morgan fingerprint density at radius 2 is 1.80 bits per heavy atom. The SMILES string of the molecule is COc1cccc(N2CCN(C(=O)CC3(CC4=NS(=O)(=O)c5ccccc5N4)CCCC3)CC2)c1. The Bertz CT molecular complexity index is 1230. The molecule has 1 amide bonds. The van der Waals surface area contributed by atoms with Crippen LogP contribution in [-0.2, 0) is 14.8 Å². The lowest BCUT2D eigenvalue weighted by Gasteiger charge is -2.38. The van der Waals surface area contributed by atoms with Gasteiger partial charge in [0.25, 0.3) is 10.0 Å². The summed E-state index contributed by atoms with van der Waals surface area (Å²) in [7, 11) is -2.07. The van der Waals surface area contributed by atoms with Gasteiger partial charge >= 0.3 is 0 Å². The summed E-state index contributed by atoms with van der Waals surface area (Å²) < 4.78 is 34.8. The van der Waals surface area contributed by atoms with E-state index in [1.54, 1.807) is 25.3 Å². The highest BCUT2D eigenvalue weighted by atomic mass is 32.2. The summed E-state index contributed by atoms with van der Waals surface area (Å²) in [6.07, 6.45) is 4.81. The van der Waals surface area contributed by atoms with E-state index in [9.17, 15) is 13.2 Å². The first-order valence-corrected chi connectivity index (χ1v) is 13.7. The van der Waals surface area contributed by atoms with Crippen LogP contribution in [0.25, 0.3) is 0 Å². The van der Waals surface area contributed by atoms with Gasteiger partial charge in [-0.2, -0.15) is 8.42 Å². The minimum atomic E-state index is -3.73. The van der Waals surface area contributed by atoms with E-state index < -0.39 is 10.0 Å². The average Bonchev–Trinajstić information content (AvgIpc) is 3.31. The highest BCUT2D eigenvalue weighted by Crippen LogP contribution is 2.45. The zero-order chi connectivity index (χ0) is 24.5. The molecule has 1 N–H and O–H groups in total. The number of methoxy groups -OCH3 is 1. The van der Waals surface area contributed by atoms with Crippen LogP contribution in [0.15, 0.2) is 57.8 Å². The molecule has 0 bridgehead atoms. The standard InChI is InChI=1S/C26H32N4O4S/c1-34-21-8-6-7-20(17-21)29-13-15-30(16-14-29)25(31)19-26(11-4-5-12-26)18-24-27-22-9-2-3-10-23(22)35(32,33)28-24/h2-3,6-10,17H,4-5,11-16,18-19H2,1H3,(H,27,28). The Kier molecular flexibility index (Phi) is 6.44. The van der Waals surface area contributed by atoms with Gasteiger partial charge in [0.05, 0.1) is 12.8 Å². The van der Waals surface area contributed by atoms with Gasteiger partial charge in [-0.25, -0.2) is 0 Å². The second kappa shape index (κ2) is 9.53. The molecule has 9 heteroatoms. The Labute approximate surface area is 207 Å². The molecule has 2 heterocycles. The third-order valence-corrected chi connectivity index (χ3v) is 8.83. The third-order valence-electron chi connectivity index (χ3n) is 7.46. The largest absolute Gasteiger partial charge is 0.497 e. The van der Waals surface area contributed by atoms with E-state index in [0.29, 0.717) is 37.5 Å². The van der Waals surface area contributed by atoms with Crippen molar-refractivity contribution in [3.8, 4) is 5.75 Å². The number of fused-ring (bicyclic) bond motifs is 1. The molecule has 2 aromatic rings. The number of para-hydroxylation sites is 1. The Morgan fingerprint density at radius 1 is 1.06 bits per heavy atom. The van der Waals surface area contributed by atoms with Crippen molar-refractivity contribution in [3.05, 3.63) is 48.5 Å². The molecule has 2 aromatic carbocycles. The van der Waals surface area contributed by atoms with Crippen molar-refractivity contribution in [1.29, 1.82) is 0 Å². The minimum Gasteiger partial charge on any atom is -0.497 e. The monoisotopic (exact) mass is 496 g/mol. The van der Waals surface area contributed by atoms with Gasteiger partial charge in [0.1, 0.15) is 16.5 Å². The molecule has 0 radical (unpaired) electrons. The number of nitrogens with one attached hydrogen (secondary N) is 1. The normalized spacial score (nSPS) is 20.5. The van der Waals surface area contributed by atoms with Gasteiger partial charge in [0.2, 0.25) is 5.91 Å². The molecule has 1 saturated carbocycles. The lowest BCUT2D eigenvalue weighted by Crippen LogP contribution is -2.49. The van der Waals surface area contributed by atoms with Crippen LogP contribution < -0.4 is 15.0 Å².